The number of aromatic nitrogens is 1. The molecule has 0 bridgehead atoms. The number of hydrogen-bond donors (Lipinski definition) is 1. The molecule has 0 atom stereocenters. The summed E-state index contributed by atoms with van der Waals surface area (Å²) in [5.74, 6) is -2.65. The van der Waals surface area contributed by atoms with Gasteiger partial charge < -0.3 is 13.9 Å². The molecule has 3 aromatic rings. The van der Waals surface area contributed by atoms with E-state index >= 15 is 0 Å². The highest BCUT2D eigenvalue weighted by molar-refractivity contribution is 7.17. The molecular formula is C22H21FN2O6S. The molecule has 0 saturated heterocycles. The zero-order valence-corrected chi connectivity index (χ0v) is 18.7. The Morgan fingerprint density at radius 2 is 1.62 bits per heavy atom. The van der Waals surface area contributed by atoms with E-state index in [9.17, 15) is 18.8 Å². The third-order valence-electron chi connectivity index (χ3n) is 4.36. The predicted octanol–water partition coefficient (Wildman–Crippen LogP) is 4.76. The van der Waals surface area contributed by atoms with Crippen LogP contribution in [0.4, 0.5) is 10.3 Å². The lowest BCUT2D eigenvalue weighted by Gasteiger charge is -2.06. The summed E-state index contributed by atoms with van der Waals surface area (Å²) in [5.41, 5.74) is 0.785. The van der Waals surface area contributed by atoms with Crippen LogP contribution in [0.25, 0.3) is 10.6 Å². The number of carbonyl (C=O) groups excluding carboxylic acids is 3. The number of anilines is 1. The van der Waals surface area contributed by atoms with Gasteiger partial charge in [-0.25, -0.2) is 19.0 Å². The van der Waals surface area contributed by atoms with E-state index < -0.39 is 17.8 Å². The van der Waals surface area contributed by atoms with Crippen molar-refractivity contribution in [3.05, 3.63) is 57.5 Å². The number of benzene rings is 1. The second-order valence-corrected chi connectivity index (χ2v) is 7.57. The van der Waals surface area contributed by atoms with Crippen LogP contribution in [-0.4, -0.2) is 36.0 Å². The number of amides is 1. The summed E-state index contributed by atoms with van der Waals surface area (Å²) in [6, 6.07) is 5.74. The van der Waals surface area contributed by atoms with Crippen molar-refractivity contribution in [1.82, 2.24) is 4.98 Å². The van der Waals surface area contributed by atoms with Gasteiger partial charge in [-0.3, -0.25) is 10.1 Å². The van der Waals surface area contributed by atoms with Crippen molar-refractivity contribution in [1.29, 1.82) is 0 Å². The number of carbonyl (C=O) groups is 3. The van der Waals surface area contributed by atoms with Gasteiger partial charge in [0, 0.05) is 5.56 Å². The molecule has 0 unspecified atom stereocenters. The van der Waals surface area contributed by atoms with Crippen LogP contribution >= 0.6 is 11.3 Å². The molecule has 1 aromatic carbocycles. The first-order valence-corrected chi connectivity index (χ1v) is 10.6. The van der Waals surface area contributed by atoms with E-state index in [4.69, 9.17) is 13.9 Å². The van der Waals surface area contributed by atoms with E-state index in [1.54, 1.807) is 32.9 Å². The van der Waals surface area contributed by atoms with Gasteiger partial charge in [0.25, 0.3) is 5.91 Å². The van der Waals surface area contributed by atoms with Crippen LogP contribution in [0.1, 0.15) is 55.7 Å². The van der Waals surface area contributed by atoms with Crippen molar-refractivity contribution in [2.45, 2.75) is 27.7 Å². The Hall–Kier alpha value is -3.53. The summed E-state index contributed by atoms with van der Waals surface area (Å²) in [6.07, 6.45) is 0. The third-order valence-corrected chi connectivity index (χ3v) is 5.57. The van der Waals surface area contributed by atoms with Crippen molar-refractivity contribution in [3.63, 3.8) is 0 Å². The number of rotatable bonds is 7. The number of nitrogens with zero attached hydrogens (tertiary/aromatic N) is 1. The van der Waals surface area contributed by atoms with Crippen LogP contribution in [0.2, 0.25) is 0 Å². The van der Waals surface area contributed by atoms with Crippen molar-refractivity contribution >= 4 is 35.1 Å². The summed E-state index contributed by atoms with van der Waals surface area (Å²) >= 11 is 1.10. The number of thiazole rings is 1. The Kier molecular flexibility index (Phi) is 7.04. The van der Waals surface area contributed by atoms with E-state index in [0.29, 0.717) is 16.3 Å². The minimum atomic E-state index is -0.823. The lowest BCUT2D eigenvalue weighted by Crippen LogP contribution is -2.17. The Labute approximate surface area is 187 Å². The van der Waals surface area contributed by atoms with E-state index in [1.165, 1.54) is 19.1 Å². The smallest absolute Gasteiger partial charge is 0.344 e. The van der Waals surface area contributed by atoms with E-state index in [0.717, 1.165) is 11.3 Å². The van der Waals surface area contributed by atoms with Gasteiger partial charge in [0.1, 0.15) is 32.6 Å². The Morgan fingerprint density at radius 1 is 1.03 bits per heavy atom. The summed E-state index contributed by atoms with van der Waals surface area (Å²) < 4.78 is 28.8. The molecule has 0 spiro atoms. The molecular weight excluding hydrogens is 439 g/mol. The molecule has 2 aromatic heterocycles. The van der Waals surface area contributed by atoms with E-state index in [-0.39, 0.29) is 46.7 Å². The molecule has 1 N–H and O–H groups in total. The van der Waals surface area contributed by atoms with Gasteiger partial charge in [0.05, 0.1) is 18.9 Å². The molecule has 32 heavy (non-hydrogen) atoms. The fraction of sp³-hybridized carbons (Fsp3) is 0.273. The van der Waals surface area contributed by atoms with Crippen molar-refractivity contribution in [2.75, 3.05) is 18.5 Å². The van der Waals surface area contributed by atoms with Gasteiger partial charge in [0.15, 0.2) is 0 Å². The maximum Gasteiger partial charge on any atom is 0.344 e. The lowest BCUT2D eigenvalue weighted by molar-refractivity contribution is 0.0480. The zero-order chi connectivity index (χ0) is 23.4. The molecule has 2 heterocycles. The maximum atomic E-state index is 13.2. The van der Waals surface area contributed by atoms with Crippen LogP contribution in [0.15, 0.2) is 28.7 Å². The van der Waals surface area contributed by atoms with Crippen molar-refractivity contribution in [3.8, 4) is 10.6 Å². The first-order chi connectivity index (χ1) is 15.3. The van der Waals surface area contributed by atoms with Crippen LogP contribution < -0.4 is 5.32 Å². The minimum Gasteiger partial charge on any atom is -0.462 e. The zero-order valence-electron chi connectivity index (χ0n) is 17.9. The molecule has 1 amide bonds. The van der Waals surface area contributed by atoms with Gasteiger partial charge in [-0.2, -0.15) is 0 Å². The van der Waals surface area contributed by atoms with Gasteiger partial charge in [-0.15, -0.1) is 11.3 Å². The Bertz CT molecular complexity index is 1170. The topological polar surface area (TPSA) is 108 Å². The number of ether oxygens (including phenoxy) is 2. The normalized spacial score (nSPS) is 10.7. The SMILES string of the molecule is CCOC(=O)c1c(C)oc(NC(=O)c2sc(-c3ccc(F)cc3)nc2C)c1C(=O)OCC. The number of nitrogens with one attached hydrogen (secondary N) is 1. The largest absolute Gasteiger partial charge is 0.462 e. The average molecular weight is 460 g/mol. The van der Waals surface area contributed by atoms with Crippen LogP contribution in [-0.2, 0) is 9.47 Å². The first kappa shape index (κ1) is 23.1. The minimum absolute atomic E-state index is 0.0632. The van der Waals surface area contributed by atoms with Crippen LogP contribution in [0.3, 0.4) is 0 Å². The summed E-state index contributed by atoms with van der Waals surface area (Å²) in [4.78, 5) is 42.5. The van der Waals surface area contributed by atoms with Gasteiger partial charge in [-0.1, -0.05) is 0 Å². The standard InChI is InChI=1S/C22H21FN2O6S/c1-5-29-21(27)15-12(4)31-19(16(15)22(28)30-6-2)25-18(26)17-11(3)24-20(32-17)13-7-9-14(23)10-8-13/h7-10H,5-6H2,1-4H3,(H,25,26). The van der Waals surface area contributed by atoms with Crippen LogP contribution in [0, 0.1) is 19.7 Å². The van der Waals surface area contributed by atoms with Crippen molar-refractivity contribution in [2.24, 2.45) is 0 Å². The molecule has 8 nitrogen and oxygen atoms in total. The van der Waals surface area contributed by atoms with Gasteiger partial charge in [-0.05, 0) is 52.0 Å². The quantitative estimate of drug-likeness (QED) is 0.506. The first-order valence-electron chi connectivity index (χ1n) is 9.79. The van der Waals surface area contributed by atoms with Crippen LogP contribution in [0.5, 0.6) is 0 Å². The molecule has 0 aliphatic carbocycles. The Morgan fingerprint density at radius 3 is 2.22 bits per heavy atom. The Balaban J connectivity index is 1.95. The number of aryl methyl sites for hydroxylation is 2. The van der Waals surface area contributed by atoms with E-state index in [2.05, 4.69) is 10.3 Å². The average Bonchev–Trinajstić information content (AvgIpc) is 3.28. The maximum absolute atomic E-state index is 13.2. The summed E-state index contributed by atoms with van der Waals surface area (Å²) in [5, 5.41) is 3.06. The van der Waals surface area contributed by atoms with E-state index in [1.807, 2.05) is 0 Å². The number of hydrogen-bond acceptors (Lipinski definition) is 8. The summed E-state index contributed by atoms with van der Waals surface area (Å²) in [6.45, 7) is 6.54. The molecule has 0 fully saturated rings. The second-order valence-electron chi connectivity index (χ2n) is 6.57. The van der Waals surface area contributed by atoms with Gasteiger partial charge >= 0.3 is 11.9 Å². The number of esters is 2. The van der Waals surface area contributed by atoms with Crippen molar-refractivity contribution < 1.29 is 32.7 Å². The second kappa shape index (κ2) is 9.73. The highest BCUT2D eigenvalue weighted by atomic mass is 32.1. The monoisotopic (exact) mass is 460 g/mol. The van der Waals surface area contributed by atoms with Gasteiger partial charge in [0.2, 0.25) is 5.88 Å². The molecule has 3 rings (SSSR count). The number of furan rings is 1. The molecule has 0 radical (unpaired) electrons. The third kappa shape index (κ3) is 4.70. The number of halogens is 1. The highest BCUT2D eigenvalue weighted by Crippen LogP contribution is 2.32. The fourth-order valence-electron chi connectivity index (χ4n) is 2.96. The molecule has 0 aliphatic rings. The molecule has 168 valence electrons. The fourth-order valence-corrected chi connectivity index (χ4v) is 3.93. The molecule has 10 heteroatoms. The summed E-state index contributed by atoms with van der Waals surface area (Å²) in [7, 11) is 0. The highest BCUT2D eigenvalue weighted by Gasteiger charge is 2.32. The lowest BCUT2D eigenvalue weighted by atomic mass is 10.1. The molecule has 0 aliphatic heterocycles. The predicted molar refractivity (Wildman–Crippen MR) is 116 cm³/mol. The molecule has 0 saturated carbocycles.